The lowest BCUT2D eigenvalue weighted by atomic mass is 10.4. The van der Waals surface area contributed by atoms with Gasteiger partial charge < -0.3 is 4.79 Å². The first-order chi connectivity index (χ1) is 5.64. The molecule has 0 unspecified atom stereocenters. The van der Waals surface area contributed by atoms with Crippen LogP contribution in [0.25, 0.3) is 0 Å². The van der Waals surface area contributed by atoms with Gasteiger partial charge in [0.25, 0.3) is 0 Å². The van der Waals surface area contributed by atoms with Crippen molar-refractivity contribution in [2.45, 2.75) is 6.42 Å². The summed E-state index contributed by atoms with van der Waals surface area (Å²) in [5.41, 5.74) is 0. The molecule has 1 aliphatic heterocycles. The van der Waals surface area contributed by atoms with Crippen LogP contribution >= 0.6 is 0 Å². The average molecular weight is 191 g/mol. The van der Waals surface area contributed by atoms with Gasteiger partial charge in [-0.3, -0.25) is 4.90 Å². The molecule has 12 heavy (non-hydrogen) atoms. The van der Waals surface area contributed by atoms with Gasteiger partial charge in [-0.1, -0.05) is 0 Å². The lowest BCUT2D eigenvalue weighted by Crippen LogP contribution is -2.28. The van der Waals surface area contributed by atoms with Crippen LogP contribution in [0.5, 0.6) is 0 Å². The molecule has 0 N–H and O–H groups in total. The predicted molar refractivity (Wildman–Crippen MR) is 45.8 cm³/mol. The number of aldehydes is 1. The highest BCUT2D eigenvalue weighted by molar-refractivity contribution is 7.91. The lowest BCUT2D eigenvalue weighted by Gasteiger charge is -2.14. The van der Waals surface area contributed by atoms with Crippen molar-refractivity contribution in [1.29, 1.82) is 0 Å². The number of carbonyl (C=O) groups excluding carboxylic acids is 1. The molecule has 0 amide bonds. The first-order valence-electron chi connectivity index (χ1n) is 4.00. The van der Waals surface area contributed by atoms with Crippen LogP contribution in [0, 0.1) is 0 Å². The molecule has 5 heteroatoms. The van der Waals surface area contributed by atoms with Crippen molar-refractivity contribution in [1.82, 2.24) is 4.90 Å². The summed E-state index contributed by atoms with van der Waals surface area (Å²) in [4.78, 5) is 12.0. The Morgan fingerprint density at radius 3 is 2.67 bits per heavy atom. The zero-order chi connectivity index (χ0) is 9.03. The van der Waals surface area contributed by atoms with Gasteiger partial charge in [0, 0.05) is 6.54 Å². The molecule has 4 nitrogen and oxygen atoms in total. The molecule has 0 aromatic heterocycles. The van der Waals surface area contributed by atoms with E-state index in [0.29, 0.717) is 19.5 Å². The third-order valence-corrected chi connectivity index (χ3v) is 3.70. The van der Waals surface area contributed by atoms with E-state index in [2.05, 4.69) is 0 Å². The lowest BCUT2D eigenvalue weighted by molar-refractivity contribution is -0.108. The second-order valence-corrected chi connectivity index (χ2v) is 5.28. The minimum Gasteiger partial charge on any atom is -0.302 e. The van der Waals surface area contributed by atoms with Crippen LogP contribution in [-0.4, -0.2) is 50.7 Å². The molecule has 70 valence electrons. The van der Waals surface area contributed by atoms with Crippen LogP contribution < -0.4 is 0 Å². The van der Waals surface area contributed by atoms with Crippen molar-refractivity contribution in [3.63, 3.8) is 0 Å². The average Bonchev–Trinajstić information content (AvgIpc) is 2.14. The minimum atomic E-state index is -2.83. The zero-order valence-electron chi connectivity index (χ0n) is 6.90. The molecule has 0 radical (unpaired) electrons. The van der Waals surface area contributed by atoms with Crippen LogP contribution in [0.4, 0.5) is 0 Å². The normalized spacial score (nSPS) is 24.7. The number of hydrogen-bond donors (Lipinski definition) is 0. The summed E-state index contributed by atoms with van der Waals surface area (Å²) >= 11 is 0. The van der Waals surface area contributed by atoms with Gasteiger partial charge in [0.05, 0.1) is 18.1 Å². The summed E-state index contributed by atoms with van der Waals surface area (Å²) in [6.07, 6.45) is 1.47. The number of sulfone groups is 1. The smallest absolute Gasteiger partial charge is 0.151 e. The van der Waals surface area contributed by atoms with E-state index in [1.807, 2.05) is 4.90 Å². The Hall–Kier alpha value is -0.420. The summed E-state index contributed by atoms with van der Waals surface area (Å²) in [6, 6.07) is 0. The summed E-state index contributed by atoms with van der Waals surface area (Å²) in [7, 11) is -2.83. The molecule has 1 saturated heterocycles. The Morgan fingerprint density at radius 2 is 2.00 bits per heavy atom. The van der Waals surface area contributed by atoms with E-state index in [9.17, 15) is 13.2 Å². The van der Waals surface area contributed by atoms with Crippen LogP contribution in [-0.2, 0) is 14.6 Å². The van der Waals surface area contributed by atoms with E-state index in [-0.39, 0.29) is 11.5 Å². The Morgan fingerprint density at radius 1 is 1.25 bits per heavy atom. The molecule has 0 bridgehead atoms. The summed E-state index contributed by atoms with van der Waals surface area (Å²) in [5, 5.41) is 0. The SMILES string of the molecule is O=CCN1CCCS(=O)(=O)CC1. The van der Waals surface area contributed by atoms with Crippen LogP contribution in [0.3, 0.4) is 0 Å². The van der Waals surface area contributed by atoms with Gasteiger partial charge in [0.1, 0.15) is 6.29 Å². The van der Waals surface area contributed by atoms with Crippen molar-refractivity contribution in [2.24, 2.45) is 0 Å². The maximum Gasteiger partial charge on any atom is 0.151 e. The second-order valence-electron chi connectivity index (χ2n) is 2.97. The highest BCUT2D eigenvalue weighted by Crippen LogP contribution is 2.03. The number of rotatable bonds is 2. The number of hydrogen-bond acceptors (Lipinski definition) is 4. The maximum absolute atomic E-state index is 11.1. The monoisotopic (exact) mass is 191 g/mol. The maximum atomic E-state index is 11.1. The van der Waals surface area contributed by atoms with Crippen LogP contribution in [0.15, 0.2) is 0 Å². The Kier molecular flexibility index (Phi) is 3.22. The van der Waals surface area contributed by atoms with Gasteiger partial charge in [0.2, 0.25) is 0 Å². The van der Waals surface area contributed by atoms with E-state index >= 15 is 0 Å². The highest BCUT2D eigenvalue weighted by Gasteiger charge is 2.18. The molecular formula is C7H13NO3S. The first kappa shape index (κ1) is 9.67. The van der Waals surface area contributed by atoms with E-state index in [1.165, 1.54) is 0 Å². The van der Waals surface area contributed by atoms with Gasteiger partial charge in [-0.05, 0) is 13.0 Å². The van der Waals surface area contributed by atoms with Crippen molar-refractivity contribution in [2.75, 3.05) is 31.1 Å². The van der Waals surface area contributed by atoms with Crippen molar-refractivity contribution < 1.29 is 13.2 Å². The molecule has 1 heterocycles. The van der Waals surface area contributed by atoms with Crippen molar-refractivity contribution >= 4 is 16.1 Å². The largest absolute Gasteiger partial charge is 0.302 e. The fourth-order valence-electron chi connectivity index (χ4n) is 1.28. The Labute approximate surface area is 72.5 Å². The summed E-state index contributed by atoms with van der Waals surface area (Å²) < 4.78 is 22.2. The Bertz CT molecular complexity index is 247. The van der Waals surface area contributed by atoms with E-state index < -0.39 is 9.84 Å². The number of carbonyl (C=O) groups is 1. The molecule has 1 aliphatic rings. The van der Waals surface area contributed by atoms with Crippen LogP contribution in [0.2, 0.25) is 0 Å². The second kappa shape index (κ2) is 4.00. The standard InChI is InChI=1S/C7H13NO3S/c9-5-3-8-2-1-6-12(10,11)7-4-8/h5H,1-4,6-7H2. The van der Waals surface area contributed by atoms with Gasteiger partial charge >= 0.3 is 0 Å². The van der Waals surface area contributed by atoms with E-state index in [4.69, 9.17) is 0 Å². The van der Waals surface area contributed by atoms with Gasteiger partial charge in [0.15, 0.2) is 9.84 Å². The molecule has 0 atom stereocenters. The molecule has 0 aromatic carbocycles. The highest BCUT2D eigenvalue weighted by atomic mass is 32.2. The third-order valence-electron chi connectivity index (χ3n) is 1.98. The number of nitrogens with zero attached hydrogens (tertiary/aromatic N) is 1. The quantitative estimate of drug-likeness (QED) is 0.542. The molecule has 1 rings (SSSR count). The van der Waals surface area contributed by atoms with Crippen LogP contribution in [0.1, 0.15) is 6.42 Å². The molecule has 0 saturated carbocycles. The summed E-state index contributed by atoms with van der Waals surface area (Å²) in [6.45, 7) is 1.58. The topological polar surface area (TPSA) is 54.5 Å². The molecule has 0 spiro atoms. The van der Waals surface area contributed by atoms with Gasteiger partial charge in [-0.15, -0.1) is 0 Å². The molecule has 0 aliphatic carbocycles. The van der Waals surface area contributed by atoms with Crippen molar-refractivity contribution in [3.05, 3.63) is 0 Å². The fraction of sp³-hybridized carbons (Fsp3) is 0.857. The molecule has 1 fully saturated rings. The predicted octanol–water partition coefficient (Wildman–Crippen LogP) is -0.694. The first-order valence-corrected chi connectivity index (χ1v) is 5.82. The third kappa shape index (κ3) is 2.91. The van der Waals surface area contributed by atoms with E-state index in [1.54, 1.807) is 0 Å². The van der Waals surface area contributed by atoms with Crippen molar-refractivity contribution in [3.8, 4) is 0 Å². The molecule has 0 aromatic rings. The Balaban J connectivity index is 2.50. The molecular weight excluding hydrogens is 178 g/mol. The fourth-order valence-corrected chi connectivity index (χ4v) is 2.59. The zero-order valence-corrected chi connectivity index (χ0v) is 7.72. The van der Waals surface area contributed by atoms with Gasteiger partial charge in [-0.2, -0.15) is 0 Å². The van der Waals surface area contributed by atoms with E-state index in [0.717, 1.165) is 12.8 Å². The summed E-state index contributed by atoms with van der Waals surface area (Å²) in [5.74, 6) is 0.462. The van der Waals surface area contributed by atoms with Gasteiger partial charge in [-0.25, -0.2) is 8.42 Å². The minimum absolute atomic E-state index is 0.195.